The highest BCUT2D eigenvalue weighted by molar-refractivity contribution is 9.10. The first-order valence-corrected chi connectivity index (χ1v) is 8.86. The lowest BCUT2D eigenvalue weighted by Gasteiger charge is -2.30. The summed E-state index contributed by atoms with van der Waals surface area (Å²) in [5.74, 6) is -0.795. The van der Waals surface area contributed by atoms with Gasteiger partial charge in [-0.25, -0.2) is 9.59 Å². The quantitative estimate of drug-likeness (QED) is 0.705. The van der Waals surface area contributed by atoms with Crippen molar-refractivity contribution in [2.45, 2.75) is 19.8 Å². The number of allylic oxidation sites excluding steroid dienone is 2. The summed E-state index contributed by atoms with van der Waals surface area (Å²) in [6.07, 6.45) is 0. The summed E-state index contributed by atoms with van der Waals surface area (Å²) in [7, 11) is 5.64. The fraction of sp³-hybridized carbons (Fsp3) is 0.368. The molecule has 0 radical (unpaired) electrons. The van der Waals surface area contributed by atoms with Crippen molar-refractivity contribution in [3.63, 3.8) is 0 Å². The minimum Gasteiger partial charge on any atom is -0.493 e. The number of methoxy groups -OCH3 is 4. The molecule has 0 saturated heterocycles. The predicted molar refractivity (Wildman–Crippen MR) is 103 cm³/mol. The smallest absolute Gasteiger partial charge is 0.336 e. The molecular formula is C19H22BrNO6. The molecule has 7 nitrogen and oxygen atoms in total. The minimum absolute atomic E-state index is 0.322. The van der Waals surface area contributed by atoms with Crippen LogP contribution < -0.4 is 14.8 Å². The van der Waals surface area contributed by atoms with Crippen LogP contribution in [0.3, 0.4) is 0 Å². The number of hydrogen-bond acceptors (Lipinski definition) is 7. The summed E-state index contributed by atoms with van der Waals surface area (Å²) in [4.78, 5) is 25.0. The average molecular weight is 440 g/mol. The maximum atomic E-state index is 12.5. The molecule has 1 aliphatic rings. The van der Waals surface area contributed by atoms with Gasteiger partial charge in [0, 0.05) is 11.4 Å². The first kappa shape index (κ1) is 20.8. The molecule has 1 aliphatic heterocycles. The molecule has 2 rings (SSSR count). The van der Waals surface area contributed by atoms with Gasteiger partial charge in [0.1, 0.15) is 0 Å². The molecule has 1 aromatic carbocycles. The van der Waals surface area contributed by atoms with Gasteiger partial charge in [-0.15, -0.1) is 0 Å². The van der Waals surface area contributed by atoms with E-state index in [0.29, 0.717) is 44.1 Å². The van der Waals surface area contributed by atoms with Crippen LogP contribution in [0, 0.1) is 0 Å². The van der Waals surface area contributed by atoms with Crippen LogP contribution in [0.4, 0.5) is 0 Å². The van der Waals surface area contributed by atoms with Gasteiger partial charge in [0.15, 0.2) is 11.5 Å². The van der Waals surface area contributed by atoms with Gasteiger partial charge in [-0.2, -0.15) is 0 Å². The lowest BCUT2D eigenvalue weighted by Crippen LogP contribution is -2.32. The van der Waals surface area contributed by atoms with Crippen molar-refractivity contribution in [3.05, 3.63) is 44.7 Å². The molecule has 0 bridgehead atoms. The third-order valence-corrected chi connectivity index (χ3v) is 4.95. The number of hydrogen-bond donors (Lipinski definition) is 1. The lowest BCUT2D eigenvalue weighted by molar-refractivity contribution is -0.137. The van der Waals surface area contributed by atoms with E-state index in [-0.39, 0.29) is 0 Å². The highest BCUT2D eigenvalue weighted by Crippen LogP contribution is 2.44. The van der Waals surface area contributed by atoms with Crippen LogP contribution in [-0.2, 0) is 19.1 Å². The van der Waals surface area contributed by atoms with E-state index in [9.17, 15) is 9.59 Å². The van der Waals surface area contributed by atoms with Gasteiger partial charge >= 0.3 is 11.9 Å². The van der Waals surface area contributed by atoms with Crippen molar-refractivity contribution < 1.29 is 28.5 Å². The Morgan fingerprint density at radius 1 is 0.926 bits per heavy atom. The number of carbonyl (C=O) groups excluding carboxylic acids is 2. The summed E-state index contributed by atoms with van der Waals surface area (Å²) in [6.45, 7) is 3.51. The molecule has 8 heteroatoms. The predicted octanol–water partition coefficient (Wildman–Crippen LogP) is 3.05. The van der Waals surface area contributed by atoms with Crippen LogP contribution in [0.2, 0.25) is 0 Å². The van der Waals surface area contributed by atoms with Crippen molar-refractivity contribution in [2.24, 2.45) is 0 Å². The van der Waals surface area contributed by atoms with Gasteiger partial charge in [0.25, 0.3) is 0 Å². The van der Waals surface area contributed by atoms with Crippen molar-refractivity contribution in [1.82, 2.24) is 5.32 Å². The van der Waals surface area contributed by atoms with Crippen molar-refractivity contribution in [2.75, 3.05) is 28.4 Å². The third kappa shape index (κ3) is 3.80. The maximum Gasteiger partial charge on any atom is 0.336 e. The van der Waals surface area contributed by atoms with Gasteiger partial charge in [-0.3, -0.25) is 0 Å². The number of dihydropyridines is 1. The maximum absolute atomic E-state index is 12.5. The Bertz CT molecular complexity index is 805. The summed E-state index contributed by atoms with van der Waals surface area (Å²) in [6, 6.07) is 3.51. The molecule has 0 spiro atoms. The molecule has 0 aromatic heterocycles. The van der Waals surface area contributed by atoms with Crippen molar-refractivity contribution in [1.29, 1.82) is 0 Å². The second-order valence-electron chi connectivity index (χ2n) is 5.86. The summed E-state index contributed by atoms with van der Waals surface area (Å²) in [5.41, 5.74) is 2.50. The highest BCUT2D eigenvalue weighted by atomic mass is 79.9. The molecule has 0 atom stereocenters. The van der Waals surface area contributed by atoms with Crippen LogP contribution >= 0.6 is 15.9 Å². The van der Waals surface area contributed by atoms with Crippen LogP contribution in [0.25, 0.3) is 0 Å². The Kier molecular flexibility index (Phi) is 6.54. The Morgan fingerprint density at radius 2 is 1.44 bits per heavy atom. The topological polar surface area (TPSA) is 83.1 Å². The zero-order chi connectivity index (χ0) is 20.3. The van der Waals surface area contributed by atoms with Gasteiger partial charge in [-0.1, -0.05) is 0 Å². The van der Waals surface area contributed by atoms with E-state index in [4.69, 9.17) is 18.9 Å². The second-order valence-corrected chi connectivity index (χ2v) is 6.71. The van der Waals surface area contributed by atoms with E-state index in [0.717, 1.165) is 0 Å². The molecular weight excluding hydrogens is 418 g/mol. The molecule has 27 heavy (non-hydrogen) atoms. The minimum atomic E-state index is -0.692. The van der Waals surface area contributed by atoms with E-state index in [1.165, 1.54) is 28.4 Å². The Balaban J connectivity index is 2.79. The van der Waals surface area contributed by atoms with Crippen LogP contribution in [-0.4, -0.2) is 40.4 Å². The van der Waals surface area contributed by atoms with Crippen LogP contribution in [0.15, 0.2) is 39.1 Å². The standard InChI is InChI=1S/C19H22BrNO6/c1-9-14(18(22)26-5)16(15(10(2)21-9)19(23)27-6)11-7-12(20)17(25-4)13(8-11)24-3/h7-8,16,21H,1-6H3. The van der Waals surface area contributed by atoms with E-state index in [1.54, 1.807) is 26.0 Å². The number of halogens is 1. The number of benzene rings is 1. The van der Waals surface area contributed by atoms with Gasteiger partial charge in [0.05, 0.1) is 50.0 Å². The fourth-order valence-corrected chi connectivity index (χ4v) is 3.81. The van der Waals surface area contributed by atoms with Crippen molar-refractivity contribution in [3.8, 4) is 11.5 Å². The molecule has 0 aliphatic carbocycles. The first-order chi connectivity index (χ1) is 12.8. The molecule has 0 amide bonds. The molecule has 0 unspecified atom stereocenters. The summed E-state index contributed by atoms with van der Waals surface area (Å²) in [5, 5.41) is 3.07. The average Bonchev–Trinajstić information content (AvgIpc) is 2.65. The third-order valence-electron chi connectivity index (χ3n) is 4.36. The fourth-order valence-electron chi connectivity index (χ4n) is 3.19. The van der Waals surface area contributed by atoms with E-state index in [1.807, 2.05) is 0 Å². The van der Waals surface area contributed by atoms with Gasteiger partial charge in [-0.05, 0) is 47.5 Å². The first-order valence-electron chi connectivity index (χ1n) is 8.07. The number of esters is 2. The van der Waals surface area contributed by atoms with Gasteiger partial charge in [0.2, 0.25) is 0 Å². The second kappa shape index (κ2) is 8.47. The number of nitrogens with one attached hydrogen (secondary N) is 1. The molecule has 1 aromatic rings. The molecule has 0 saturated carbocycles. The summed E-state index contributed by atoms with van der Waals surface area (Å²) < 4.78 is 21.3. The normalized spacial score (nSPS) is 14.6. The molecule has 0 fully saturated rings. The highest BCUT2D eigenvalue weighted by Gasteiger charge is 2.38. The number of carbonyl (C=O) groups is 2. The van der Waals surface area contributed by atoms with Gasteiger partial charge < -0.3 is 24.3 Å². The summed E-state index contributed by atoms with van der Waals surface area (Å²) >= 11 is 3.46. The van der Waals surface area contributed by atoms with E-state index in [2.05, 4.69) is 21.2 Å². The zero-order valence-electron chi connectivity index (χ0n) is 16.1. The lowest BCUT2D eigenvalue weighted by atomic mass is 9.80. The van der Waals surface area contributed by atoms with Crippen LogP contribution in [0.1, 0.15) is 25.3 Å². The largest absolute Gasteiger partial charge is 0.493 e. The monoisotopic (exact) mass is 439 g/mol. The van der Waals surface area contributed by atoms with E-state index >= 15 is 0 Å². The van der Waals surface area contributed by atoms with E-state index < -0.39 is 17.9 Å². The Labute approximate surface area is 166 Å². The molecule has 146 valence electrons. The molecule has 1 N–H and O–H groups in total. The van der Waals surface area contributed by atoms with Crippen LogP contribution in [0.5, 0.6) is 11.5 Å². The SMILES string of the molecule is COC(=O)C1=C(C)NC(C)=C(C(=O)OC)C1c1cc(Br)c(OC)c(OC)c1. The molecule has 1 heterocycles. The number of rotatable bonds is 5. The van der Waals surface area contributed by atoms with Crippen molar-refractivity contribution >= 4 is 27.9 Å². The number of ether oxygens (including phenoxy) is 4. The Morgan fingerprint density at radius 3 is 1.85 bits per heavy atom. The Hall–Kier alpha value is -2.48. The zero-order valence-corrected chi connectivity index (χ0v) is 17.6.